The second kappa shape index (κ2) is 6.06. The van der Waals surface area contributed by atoms with Crippen LogP contribution < -0.4 is 0 Å². The second-order valence-electron chi connectivity index (χ2n) is 4.18. The van der Waals surface area contributed by atoms with E-state index in [0.717, 1.165) is 37.2 Å². The first kappa shape index (κ1) is 13.2. The van der Waals surface area contributed by atoms with Gasteiger partial charge in [0.05, 0.1) is 6.20 Å². The second-order valence-corrected chi connectivity index (χ2v) is 5.30. The molecule has 0 aromatic carbocycles. The lowest BCUT2D eigenvalue weighted by molar-refractivity contribution is 0.0643. The van der Waals surface area contributed by atoms with Gasteiger partial charge in [0.2, 0.25) is 0 Å². The molecule has 2 heterocycles. The molecule has 0 bridgehead atoms. The Morgan fingerprint density at radius 2 is 2.06 bits per heavy atom. The van der Waals surface area contributed by atoms with Gasteiger partial charge in [-0.05, 0) is 0 Å². The number of carbonyl (C=O) groups excluding carboxylic acids is 1. The van der Waals surface area contributed by atoms with Gasteiger partial charge in [-0.25, -0.2) is 4.98 Å². The van der Waals surface area contributed by atoms with Crippen LogP contribution in [0.25, 0.3) is 0 Å². The smallest absolute Gasteiger partial charge is 0.274 e. The van der Waals surface area contributed by atoms with E-state index in [-0.39, 0.29) is 5.91 Å². The quantitative estimate of drug-likeness (QED) is 0.840. The zero-order valence-electron chi connectivity index (χ0n) is 10.0. The van der Waals surface area contributed by atoms with Crippen LogP contribution in [0.4, 0.5) is 0 Å². The van der Waals surface area contributed by atoms with Gasteiger partial charge < -0.3 is 4.90 Å². The number of carbonyl (C=O) groups is 1. The predicted molar refractivity (Wildman–Crippen MR) is 72.4 cm³/mol. The molecule has 1 aromatic rings. The van der Waals surface area contributed by atoms with E-state index >= 15 is 0 Å². The first-order chi connectivity index (χ1) is 8.66. The van der Waals surface area contributed by atoms with Gasteiger partial charge >= 0.3 is 0 Å². The molecule has 0 spiro atoms. The van der Waals surface area contributed by atoms with Crippen molar-refractivity contribution in [3.63, 3.8) is 0 Å². The van der Waals surface area contributed by atoms with Crippen molar-refractivity contribution in [1.29, 1.82) is 0 Å². The molecule has 1 aliphatic rings. The highest BCUT2D eigenvalue weighted by molar-refractivity contribution is 9.11. The highest BCUT2D eigenvalue weighted by atomic mass is 79.9. The molecule has 1 fully saturated rings. The van der Waals surface area contributed by atoms with Crippen molar-refractivity contribution in [2.75, 3.05) is 32.7 Å². The molecule has 0 atom stereocenters. The third-order valence-electron chi connectivity index (χ3n) is 2.84. The van der Waals surface area contributed by atoms with Crippen molar-refractivity contribution in [3.05, 3.63) is 35.3 Å². The highest BCUT2D eigenvalue weighted by Gasteiger charge is 2.22. The van der Waals surface area contributed by atoms with Crippen LogP contribution in [0.5, 0.6) is 0 Å². The summed E-state index contributed by atoms with van der Waals surface area (Å²) < 4.78 is 0.969. The average molecular weight is 311 g/mol. The van der Waals surface area contributed by atoms with E-state index in [1.54, 1.807) is 6.20 Å². The fourth-order valence-electron chi connectivity index (χ4n) is 1.92. The molecule has 0 saturated carbocycles. The van der Waals surface area contributed by atoms with Gasteiger partial charge in [0.25, 0.3) is 5.91 Å². The van der Waals surface area contributed by atoms with Gasteiger partial charge in [-0.1, -0.05) is 22.5 Å². The molecular weight excluding hydrogens is 296 g/mol. The molecule has 18 heavy (non-hydrogen) atoms. The standard InChI is InChI=1S/C12H15BrN4O/c1-10(13)9-16-4-6-17(7-5-16)12(18)11-8-14-2-3-15-11/h2-3,8H,1,4-7,9H2. The third kappa shape index (κ3) is 3.36. The molecule has 1 aliphatic heterocycles. The number of hydrogen-bond acceptors (Lipinski definition) is 4. The van der Waals surface area contributed by atoms with E-state index in [2.05, 4.69) is 37.4 Å². The van der Waals surface area contributed by atoms with Crippen molar-refractivity contribution in [2.24, 2.45) is 0 Å². The maximum atomic E-state index is 12.1. The lowest BCUT2D eigenvalue weighted by atomic mass is 10.3. The predicted octanol–water partition coefficient (Wildman–Crippen LogP) is 1.14. The minimum absolute atomic E-state index is 0.0413. The summed E-state index contributed by atoms with van der Waals surface area (Å²) in [5.74, 6) is -0.0413. The summed E-state index contributed by atoms with van der Waals surface area (Å²) in [6.45, 7) is 7.81. The average Bonchev–Trinajstić information content (AvgIpc) is 2.39. The molecule has 1 amide bonds. The lowest BCUT2D eigenvalue weighted by Gasteiger charge is -2.34. The van der Waals surface area contributed by atoms with Crippen LogP contribution in [0, 0.1) is 0 Å². The lowest BCUT2D eigenvalue weighted by Crippen LogP contribution is -2.49. The van der Waals surface area contributed by atoms with Crippen LogP contribution in [-0.4, -0.2) is 58.4 Å². The van der Waals surface area contributed by atoms with Gasteiger partial charge in [-0.15, -0.1) is 0 Å². The fraction of sp³-hybridized carbons (Fsp3) is 0.417. The van der Waals surface area contributed by atoms with Crippen LogP contribution in [0.3, 0.4) is 0 Å². The van der Waals surface area contributed by atoms with Gasteiger partial charge in [-0.3, -0.25) is 14.7 Å². The van der Waals surface area contributed by atoms with Crippen molar-refractivity contribution in [1.82, 2.24) is 19.8 Å². The molecular formula is C12H15BrN4O. The van der Waals surface area contributed by atoms with Gasteiger partial charge in [-0.2, -0.15) is 0 Å². The van der Waals surface area contributed by atoms with E-state index in [1.165, 1.54) is 12.4 Å². The van der Waals surface area contributed by atoms with E-state index in [1.807, 2.05) is 4.90 Å². The van der Waals surface area contributed by atoms with E-state index in [4.69, 9.17) is 0 Å². The summed E-state index contributed by atoms with van der Waals surface area (Å²) in [6, 6.07) is 0. The largest absolute Gasteiger partial charge is 0.335 e. The Labute approximate surface area is 115 Å². The summed E-state index contributed by atoms with van der Waals surface area (Å²) >= 11 is 3.36. The third-order valence-corrected chi connectivity index (χ3v) is 3.09. The number of hydrogen-bond donors (Lipinski definition) is 0. The Bertz CT molecular complexity index is 429. The van der Waals surface area contributed by atoms with Crippen LogP contribution >= 0.6 is 15.9 Å². The summed E-state index contributed by atoms with van der Waals surface area (Å²) in [6.07, 6.45) is 4.61. The Morgan fingerprint density at radius 1 is 1.33 bits per heavy atom. The number of nitrogens with zero attached hydrogens (tertiary/aromatic N) is 4. The Morgan fingerprint density at radius 3 is 2.61 bits per heavy atom. The van der Waals surface area contributed by atoms with Crippen molar-refractivity contribution in [2.45, 2.75) is 0 Å². The van der Waals surface area contributed by atoms with Gasteiger partial charge in [0.1, 0.15) is 5.69 Å². The van der Waals surface area contributed by atoms with Crippen LogP contribution in [-0.2, 0) is 0 Å². The maximum absolute atomic E-state index is 12.1. The molecule has 1 aromatic heterocycles. The van der Waals surface area contributed by atoms with Gasteiger partial charge in [0, 0.05) is 49.6 Å². The normalized spacial score (nSPS) is 16.6. The Balaban J connectivity index is 1.90. The molecule has 6 heteroatoms. The molecule has 0 N–H and O–H groups in total. The SMILES string of the molecule is C=C(Br)CN1CCN(C(=O)c2cnccn2)CC1. The molecule has 96 valence electrons. The number of rotatable bonds is 3. The summed E-state index contributed by atoms with van der Waals surface area (Å²) in [5.41, 5.74) is 0.413. The molecule has 2 rings (SSSR count). The number of aromatic nitrogens is 2. The van der Waals surface area contributed by atoms with E-state index in [9.17, 15) is 4.79 Å². The summed E-state index contributed by atoms with van der Waals surface area (Å²) in [5, 5.41) is 0. The topological polar surface area (TPSA) is 49.3 Å². The minimum Gasteiger partial charge on any atom is -0.335 e. The zero-order valence-corrected chi connectivity index (χ0v) is 11.6. The molecule has 0 radical (unpaired) electrons. The van der Waals surface area contributed by atoms with Crippen molar-refractivity contribution < 1.29 is 4.79 Å². The first-order valence-corrected chi connectivity index (χ1v) is 6.57. The Kier molecular flexibility index (Phi) is 4.43. The maximum Gasteiger partial charge on any atom is 0.274 e. The summed E-state index contributed by atoms with van der Waals surface area (Å²) in [7, 11) is 0. The molecule has 5 nitrogen and oxygen atoms in total. The molecule has 1 saturated heterocycles. The number of piperazine rings is 1. The number of halogens is 1. The van der Waals surface area contributed by atoms with Crippen molar-refractivity contribution in [3.8, 4) is 0 Å². The van der Waals surface area contributed by atoms with Crippen LogP contribution in [0.1, 0.15) is 10.5 Å². The number of amides is 1. The van der Waals surface area contributed by atoms with Crippen molar-refractivity contribution >= 4 is 21.8 Å². The molecule has 0 unspecified atom stereocenters. The highest BCUT2D eigenvalue weighted by Crippen LogP contribution is 2.09. The van der Waals surface area contributed by atoms with E-state index < -0.39 is 0 Å². The fourth-order valence-corrected chi connectivity index (χ4v) is 2.28. The Hall–Kier alpha value is -1.27. The van der Waals surface area contributed by atoms with Crippen LogP contribution in [0.2, 0.25) is 0 Å². The van der Waals surface area contributed by atoms with Gasteiger partial charge in [0.15, 0.2) is 0 Å². The first-order valence-electron chi connectivity index (χ1n) is 5.78. The minimum atomic E-state index is -0.0413. The van der Waals surface area contributed by atoms with E-state index in [0.29, 0.717) is 5.69 Å². The summed E-state index contributed by atoms with van der Waals surface area (Å²) in [4.78, 5) is 24.1. The zero-order chi connectivity index (χ0) is 13.0. The monoisotopic (exact) mass is 310 g/mol. The molecule has 0 aliphatic carbocycles. The van der Waals surface area contributed by atoms with Crippen LogP contribution in [0.15, 0.2) is 29.7 Å².